The van der Waals surface area contributed by atoms with Crippen LogP contribution in [-0.4, -0.2) is 11.6 Å². The van der Waals surface area contributed by atoms with E-state index in [0.717, 1.165) is 50.4 Å². The fraction of sp³-hybridized carbons (Fsp3) is 0.900. The molecule has 0 radical (unpaired) electrons. The van der Waals surface area contributed by atoms with Gasteiger partial charge < -0.3 is 0 Å². The molecule has 4 aliphatic rings. The smallest absolute Gasteiger partial charge is 0.139 e. The standard InChI is InChI=1S/C20H30O2/c1-12-10-13-11-14(21)6-8-19(13,2)16-7-9-20(3)15(18(12)16)4-5-17(20)22/h12-13,15-16,18H,4-11H2,1-3H3/t12?,13?,15-,16-,18-,19-,20-/m0/s1. The van der Waals surface area contributed by atoms with Crippen LogP contribution in [0.2, 0.25) is 0 Å². The van der Waals surface area contributed by atoms with E-state index in [1.807, 2.05) is 0 Å². The van der Waals surface area contributed by atoms with Crippen LogP contribution in [0.15, 0.2) is 0 Å². The molecule has 0 bridgehead atoms. The van der Waals surface area contributed by atoms with Crippen molar-refractivity contribution < 1.29 is 9.59 Å². The highest BCUT2D eigenvalue weighted by molar-refractivity contribution is 5.87. The van der Waals surface area contributed by atoms with Crippen molar-refractivity contribution in [2.45, 2.75) is 72.1 Å². The van der Waals surface area contributed by atoms with Crippen molar-refractivity contribution in [3.05, 3.63) is 0 Å². The Bertz CT molecular complexity index is 524. The van der Waals surface area contributed by atoms with Gasteiger partial charge in [0.25, 0.3) is 0 Å². The molecular formula is C20H30O2. The summed E-state index contributed by atoms with van der Waals surface area (Å²) < 4.78 is 0. The fourth-order valence-corrected chi connectivity index (χ4v) is 7.20. The molecule has 0 N–H and O–H groups in total. The molecule has 0 aromatic heterocycles. The number of ketones is 2. The molecule has 0 aliphatic heterocycles. The Morgan fingerprint density at radius 2 is 1.77 bits per heavy atom. The SMILES string of the molecule is CC1CC2CC(=O)CC[C@]2(C)[C@H]2CC[C@]3(C)C(=O)CC[C@H]3[C@H]12. The summed E-state index contributed by atoms with van der Waals surface area (Å²) >= 11 is 0. The zero-order chi connectivity index (χ0) is 15.7. The maximum Gasteiger partial charge on any atom is 0.139 e. The molecule has 0 aromatic rings. The van der Waals surface area contributed by atoms with Crippen LogP contribution in [-0.2, 0) is 9.59 Å². The lowest BCUT2D eigenvalue weighted by Gasteiger charge is -2.61. The molecule has 122 valence electrons. The maximum atomic E-state index is 12.5. The first-order valence-corrected chi connectivity index (χ1v) is 9.41. The topological polar surface area (TPSA) is 34.1 Å². The van der Waals surface area contributed by atoms with Gasteiger partial charge in [-0.2, -0.15) is 0 Å². The first-order chi connectivity index (χ1) is 10.4. The highest BCUT2D eigenvalue weighted by Crippen LogP contribution is 2.66. The van der Waals surface area contributed by atoms with Crippen LogP contribution in [0.5, 0.6) is 0 Å². The van der Waals surface area contributed by atoms with E-state index in [1.54, 1.807) is 0 Å². The van der Waals surface area contributed by atoms with Gasteiger partial charge in [-0.1, -0.05) is 20.8 Å². The lowest BCUT2D eigenvalue weighted by atomic mass is 9.43. The highest BCUT2D eigenvalue weighted by Gasteiger charge is 2.61. The van der Waals surface area contributed by atoms with E-state index in [-0.39, 0.29) is 5.41 Å². The Hall–Kier alpha value is -0.660. The van der Waals surface area contributed by atoms with Gasteiger partial charge in [0, 0.05) is 24.7 Å². The van der Waals surface area contributed by atoms with Gasteiger partial charge >= 0.3 is 0 Å². The van der Waals surface area contributed by atoms with Crippen molar-refractivity contribution in [2.24, 2.45) is 40.4 Å². The molecule has 4 saturated carbocycles. The van der Waals surface area contributed by atoms with Gasteiger partial charge in [-0.15, -0.1) is 0 Å². The van der Waals surface area contributed by atoms with Crippen LogP contribution < -0.4 is 0 Å². The zero-order valence-corrected chi connectivity index (χ0v) is 14.4. The molecule has 2 unspecified atom stereocenters. The van der Waals surface area contributed by atoms with Crippen molar-refractivity contribution in [3.8, 4) is 0 Å². The van der Waals surface area contributed by atoms with Crippen LogP contribution in [0, 0.1) is 40.4 Å². The Morgan fingerprint density at radius 3 is 2.55 bits per heavy atom. The Kier molecular flexibility index (Phi) is 3.17. The molecule has 2 nitrogen and oxygen atoms in total. The molecule has 22 heavy (non-hydrogen) atoms. The second-order valence-corrected chi connectivity index (χ2v) is 9.37. The lowest BCUT2D eigenvalue weighted by molar-refractivity contribution is -0.152. The van der Waals surface area contributed by atoms with Gasteiger partial charge in [-0.05, 0) is 67.1 Å². The van der Waals surface area contributed by atoms with Crippen molar-refractivity contribution in [1.29, 1.82) is 0 Å². The summed E-state index contributed by atoms with van der Waals surface area (Å²) in [6, 6.07) is 0. The van der Waals surface area contributed by atoms with Crippen LogP contribution >= 0.6 is 0 Å². The molecule has 0 amide bonds. The summed E-state index contributed by atoms with van der Waals surface area (Å²) in [5.41, 5.74) is 0.334. The van der Waals surface area contributed by atoms with E-state index in [9.17, 15) is 9.59 Å². The molecule has 7 atom stereocenters. The van der Waals surface area contributed by atoms with E-state index in [4.69, 9.17) is 0 Å². The molecule has 4 rings (SSSR count). The van der Waals surface area contributed by atoms with Gasteiger partial charge in [0.05, 0.1) is 0 Å². The normalized spacial score (nSPS) is 54.6. The van der Waals surface area contributed by atoms with Crippen LogP contribution in [0.1, 0.15) is 72.1 Å². The average Bonchev–Trinajstić information content (AvgIpc) is 2.77. The third-order valence-electron chi connectivity index (χ3n) is 8.55. The third-order valence-corrected chi connectivity index (χ3v) is 8.55. The van der Waals surface area contributed by atoms with Gasteiger partial charge in [-0.25, -0.2) is 0 Å². The number of hydrogen-bond acceptors (Lipinski definition) is 2. The molecule has 0 heterocycles. The first kappa shape index (κ1) is 14.9. The number of rotatable bonds is 0. The summed E-state index contributed by atoms with van der Waals surface area (Å²) in [6.45, 7) is 7.15. The summed E-state index contributed by atoms with van der Waals surface area (Å²) in [7, 11) is 0. The molecule has 4 aliphatic carbocycles. The van der Waals surface area contributed by atoms with E-state index in [2.05, 4.69) is 20.8 Å². The summed E-state index contributed by atoms with van der Waals surface area (Å²) in [5.74, 6) is 4.40. The highest BCUT2D eigenvalue weighted by atomic mass is 16.1. The number of carbonyl (C=O) groups is 2. The minimum Gasteiger partial charge on any atom is -0.300 e. The van der Waals surface area contributed by atoms with Gasteiger partial charge in [-0.3, -0.25) is 9.59 Å². The maximum absolute atomic E-state index is 12.5. The summed E-state index contributed by atoms with van der Waals surface area (Å²) in [5, 5.41) is 0. The van der Waals surface area contributed by atoms with Gasteiger partial charge in [0.1, 0.15) is 11.6 Å². The fourth-order valence-electron chi connectivity index (χ4n) is 7.20. The third kappa shape index (κ3) is 1.79. The van der Waals surface area contributed by atoms with Crippen LogP contribution in [0.25, 0.3) is 0 Å². The van der Waals surface area contributed by atoms with Crippen LogP contribution in [0.3, 0.4) is 0 Å². The molecule has 0 aromatic carbocycles. The summed E-state index contributed by atoms with van der Waals surface area (Å²) in [4.78, 5) is 24.4. The Labute approximate surface area is 134 Å². The molecular weight excluding hydrogens is 272 g/mol. The quantitative estimate of drug-likeness (QED) is 0.664. The van der Waals surface area contributed by atoms with Crippen molar-refractivity contribution >= 4 is 11.6 Å². The van der Waals surface area contributed by atoms with E-state index in [1.165, 1.54) is 12.8 Å². The van der Waals surface area contributed by atoms with Gasteiger partial charge in [0.2, 0.25) is 0 Å². The number of hydrogen-bond donors (Lipinski definition) is 0. The molecule has 4 fully saturated rings. The molecule has 0 spiro atoms. The molecule has 2 heteroatoms. The number of fused-ring (bicyclic) bond motifs is 5. The first-order valence-electron chi connectivity index (χ1n) is 9.41. The second-order valence-electron chi connectivity index (χ2n) is 9.37. The Morgan fingerprint density at radius 1 is 1.00 bits per heavy atom. The van der Waals surface area contributed by atoms with Gasteiger partial charge in [0.15, 0.2) is 0 Å². The predicted molar refractivity (Wildman–Crippen MR) is 86.3 cm³/mol. The largest absolute Gasteiger partial charge is 0.300 e. The molecule has 0 saturated heterocycles. The lowest BCUT2D eigenvalue weighted by Crippen LogP contribution is -2.56. The summed E-state index contributed by atoms with van der Waals surface area (Å²) in [6.07, 6.45) is 8.19. The monoisotopic (exact) mass is 302 g/mol. The number of Topliss-reactive ketones (excluding diaryl/α,β-unsaturated/α-hetero) is 2. The number of carbonyl (C=O) groups excluding carboxylic acids is 2. The van der Waals surface area contributed by atoms with Crippen molar-refractivity contribution in [3.63, 3.8) is 0 Å². The van der Waals surface area contributed by atoms with E-state index < -0.39 is 0 Å². The van der Waals surface area contributed by atoms with E-state index in [0.29, 0.717) is 34.7 Å². The van der Waals surface area contributed by atoms with Crippen molar-refractivity contribution in [1.82, 2.24) is 0 Å². The second kappa shape index (κ2) is 4.68. The predicted octanol–water partition coefficient (Wildman–Crippen LogP) is 4.41. The van der Waals surface area contributed by atoms with E-state index >= 15 is 0 Å². The van der Waals surface area contributed by atoms with Crippen LogP contribution in [0.4, 0.5) is 0 Å². The minimum atomic E-state index is -0.0247. The minimum absolute atomic E-state index is 0.0247. The average molecular weight is 302 g/mol. The van der Waals surface area contributed by atoms with Crippen molar-refractivity contribution in [2.75, 3.05) is 0 Å². The Balaban J connectivity index is 1.70. The zero-order valence-electron chi connectivity index (χ0n) is 14.4.